The second-order valence-electron chi connectivity index (χ2n) is 5.53. The number of nitrogens with zero attached hydrogens (tertiary/aromatic N) is 1. The van der Waals surface area contributed by atoms with Crippen LogP contribution < -0.4 is 4.74 Å². The van der Waals surface area contributed by atoms with Gasteiger partial charge in [0.25, 0.3) is 0 Å². The third-order valence-electron chi connectivity index (χ3n) is 4.15. The average molecular weight is 311 g/mol. The van der Waals surface area contributed by atoms with Crippen molar-refractivity contribution in [2.24, 2.45) is 0 Å². The van der Waals surface area contributed by atoms with Gasteiger partial charge in [0.1, 0.15) is 5.75 Å². The van der Waals surface area contributed by atoms with Crippen LogP contribution in [0, 0.1) is 0 Å². The molecule has 2 aromatic carbocycles. The number of benzene rings is 2. The first-order chi connectivity index (χ1) is 11.2. The van der Waals surface area contributed by atoms with Crippen molar-refractivity contribution in [1.29, 1.82) is 0 Å². The van der Waals surface area contributed by atoms with Crippen molar-refractivity contribution in [3.8, 4) is 5.75 Å². The first-order valence-corrected chi connectivity index (χ1v) is 8.16. The van der Waals surface area contributed by atoms with Crippen molar-refractivity contribution >= 4 is 5.91 Å². The summed E-state index contributed by atoms with van der Waals surface area (Å²) >= 11 is 0. The summed E-state index contributed by atoms with van der Waals surface area (Å²) in [6, 6.07) is 18.0. The number of rotatable bonds is 7. The lowest BCUT2D eigenvalue weighted by molar-refractivity contribution is -0.132. The Hall–Kier alpha value is -2.29. The monoisotopic (exact) mass is 311 g/mol. The molecule has 0 heterocycles. The van der Waals surface area contributed by atoms with Crippen molar-refractivity contribution in [2.45, 2.75) is 26.2 Å². The number of hydrogen-bond donors (Lipinski definition) is 0. The van der Waals surface area contributed by atoms with E-state index in [1.165, 1.54) is 5.56 Å². The molecule has 2 rings (SSSR count). The third-order valence-corrected chi connectivity index (χ3v) is 4.15. The van der Waals surface area contributed by atoms with Crippen LogP contribution >= 0.6 is 0 Å². The Kier molecular flexibility index (Phi) is 6.21. The highest BCUT2D eigenvalue weighted by atomic mass is 16.5. The zero-order valence-electron chi connectivity index (χ0n) is 14.2. The van der Waals surface area contributed by atoms with Crippen LogP contribution in [-0.2, 0) is 11.2 Å². The van der Waals surface area contributed by atoms with Crippen LogP contribution in [0.5, 0.6) is 5.75 Å². The molecular formula is C20H25NO2. The highest BCUT2D eigenvalue weighted by Crippen LogP contribution is 2.26. The van der Waals surface area contributed by atoms with Gasteiger partial charge in [-0.3, -0.25) is 4.79 Å². The maximum absolute atomic E-state index is 13.0. The van der Waals surface area contributed by atoms with Crippen molar-refractivity contribution < 1.29 is 9.53 Å². The van der Waals surface area contributed by atoms with Crippen LogP contribution in [0.4, 0.5) is 0 Å². The van der Waals surface area contributed by atoms with Crippen molar-refractivity contribution in [3.63, 3.8) is 0 Å². The zero-order chi connectivity index (χ0) is 16.7. The smallest absolute Gasteiger partial charge is 0.230 e. The molecule has 0 spiro atoms. The number of carbonyl (C=O) groups excluding carboxylic acids is 1. The minimum atomic E-state index is -0.188. The lowest BCUT2D eigenvalue weighted by atomic mass is 9.90. The number of methoxy groups -OCH3 is 1. The van der Waals surface area contributed by atoms with E-state index in [1.807, 2.05) is 61.2 Å². The molecule has 0 N–H and O–H groups in total. The molecule has 0 aliphatic heterocycles. The van der Waals surface area contributed by atoms with Gasteiger partial charge in [-0.05, 0) is 43.5 Å². The molecular weight excluding hydrogens is 286 g/mol. The van der Waals surface area contributed by atoms with E-state index >= 15 is 0 Å². The zero-order valence-corrected chi connectivity index (χ0v) is 14.2. The van der Waals surface area contributed by atoms with E-state index in [2.05, 4.69) is 12.1 Å². The van der Waals surface area contributed by atoms with Crippen LogP contribution in [0.25, 0.3) is 0 Å². The van der Waals surface area contributed by atoms with E-state index in [0.29, 0.717) is 6.42 Å². The second-order valence-corrected chi connectivity index (χ2v) is 5.53. The average Bonchev–Trinajstić information content (AvgIpc) is 2.61. The molecule has 2 aromatic rings. The lowest BCUT2D eigenvalue weighted by Gasteiger charge is -2.26. The van der Waals surface area contributed by atoms with E-state index < -0.39 is 0 Å². The number of amides is 1. The number of ether oxygens (including phenoxy) is 1. The molecule has 122 valence electrons. The molecule has 0 aliphatic rings. The summed E-state index contributed by atoms with van der Waals surface area (Å²) in [4.78, 5) is 14.9. The van der Waals surface area contributed by atoms with E-state index in [-0.39, 0.29) is 11.8 Å². The van der Waals surface area contributed by atoms with E-state index in [9.17, 15) is 4.79 Å². The first-order valence-electron chi connectivity index (χ1n) is 8.16. The molecule has 3 heteroatoms. The predicted octanol–water partition coefficient (Wildman–Crippen LogP) is 3.89. The molecule has 0 aromatic heterocycles. The highest BCUT2D eigenvalue weighted by Gasteiger charge is 2.25. The quantitative estimate of drug-likeness (QED) is 0.776. The number of likely N-dealkylation sites (N-methyl/N-ethyl adjacent to an activating group) is 1. The van der Waals surface area contributed by atoms with Crippen LogP contribution in [0.15, 0.2) is 54.6 Å². The van der Waals surface area contributed by atoms with Gasteiger partial charge in [-0.25, -0.2) is 0 Å². The fourth-order valence-corrected chi connectivity index (χ4v) is 2.81. The SMILES string of the molecule is CCN(CC)C(=O)C(Cc1ccccc1)c1cccc(OC)c1. The molecule has 0 fully saturated rings. The summed E-state index contributed by atoms with van der Waals surface area (Å²) in [5.41, 5.74) is 2.17. The third kappa shape index (κ3) is 4.35. The van der Waals surface area contributed by atoms with E-state index in [4.69, 9.17) is 4.74 Å². The van der Waals surface area contributed by atoms with Gasteiger partial charge in [0.05, 0.1) is 13.0 Å². The van der Waals surface area contributed by atoms with E-state index in [0.717, 1.165) is 24.4 Å². The fraction of sp³-hybridized carbons (Fsp3) is 0.350. The van der Waals surface area contributed by atoms with Crippen LogP contribution in [0.3, 0.4) is 0 Å². The summed E-state index contributed by atoms with van der Waals surface area (Å²) in [5.74, 6) is 0.771. The van der Waals surface area contributed by atoms with E-state index in [1.54, 1.807) is 7.11 Å². The predicted molar refractivity (Wildman–Crippen MR) is 93.8 cm³/mol. The second kappa shape index (κ2) is 8.37. The maximum Gasteiger partial charge on any atom is 0.230 e. The molecule has 23 heavy (non-hydrogen) atoms. The molecule has 1 unspecified atom stereocenters. The fourth-order valence-electron chi connectivity index (χ4n) is 2.81. The molecule has 1 atom stereocenters. The summed E-state index contributed by atoms with van der Waals surface area (Å²) in [6.07, 6.45) is 0.698. The summed E-state index contributed by atoms with van der Waals surface area (Å²) in [5, 5.41) is 0. The Labute approximate surface area is 138 Å². The largest absolute Gasteiger partial charge is 0.497 e. The topological polar surface area (TPSA) is 29.5 Å². The van der Waals surface area contributed by atoms with Crippen molar-refractivity contribution in [2.75, 3.05) is 20.2 Å². The van der Waals surface area contributed by atoms with Crippen LogP contribution in [0.1, 0.15) is 30.9 Å². The van der Waals surface area contributed by atoms with Crippen molar-refractivity contribution in [1.82, 2.24) is 4.90 Å². The first kappa shape index (κ1) is 17.1. The minimum Gasteiger partial charge on any atom is -0.497 e. The van der Waals surface area contributed by atoms with Gasteiger partial charge in [0.2, 0.25) is 5.91 Å². The van der Waals surface area contributed by atoms with Gasteiger partial charge in [0.15, 0.2) is 0 Å². The van der Waals surface area contributed by atoms with Crippen LogP contribution in [-0.4, -0.2) is 31.0 Å². The standard InChI is InChI=1S/C20H25NO2/c1-4-21(5-2)20(22)19(14-16-10-7-6-8-11-16)17-12-9-13-18(15-17)23-3/h6-13,15,19H,4-5,14H2,1-3H3. The highest BCUT2D eigenvalue weighted by molar-refractivity contribution is 5.84. The Morgan fingerprint density at radius 3 is 2.35 bits per heavy atom. The van der Waals surface area contributed by atoms with Crippen LogP contribution in [0.2, 0.25) is 0 Å². The van der Waals surface area contributed by atoms with Gasteiger partial charge < -0.3 is 9.64 Å². The van der Waals surface area contributed by atoms with Gasteiger partial charge in [-0.1, -0.05) is 42.5 Å². The summed E-state index contributed by atoms with van der Waals surface area (Å²) in [7, 11) is 1.65. The van der Waals surface area contributed by atoms with Gasteiger partial charge in [-0.2, -0.15) is 0 Å². The molecule has 0 aliphatic carbocycles. The van der Waals surface area contributed by atoms with Crippen molar-refractivity contribution in [3.05, 3.63) is 65.7 Å². The maximum atomic E-state index is 13.0. The van der Waals surface area contributed by atoms with Gasteiger partial charge in [0, 0.05) is 13.1 Å². The molecule has 0 saturated heterocycles. The molecule has 0 saturated carbocycles. The Balaban J connectivity index is 2.35. The van der Waals surface area contributed by atoms with Gasteiger partial charge in [-0.15, -0.1) is 0 Å². The normalized spacial score (nSPS) is 11.8. The minimum absolute atomic E-state index is 0.173. The number of carbonyl (C=O) groups is 1. The van der Waals surface area contributed by atoms with Gasteiger partial charge >= 0.3 is 0 Å². The molecule has 1 amide bonds. The summed E-state index contributed by atoms with van der Waals surface area (Å²) < 4.78 is 5.32. The Bertz CT molecular complexity index is 621. The molecule has 3 nitrogen and oxygen atoms in total. The molecule has 0 bridgehead atoms. The number of hydrogen-bond acceptors (Lipinski definition) is 2. The molecule has 0 radical (unpaired) electrons. The Morgan fingerprint density at radius 1 is 1.04 bits per heavy atom. The lowest BCUT2D eigenvalue weighted by Crippen LogP contribution is -2.35. The summed E-state index contributed by atoms with van der Waals surface area (Å²) in [6.45, 7) is 5.49. The Morgan fingerprint density at radius 2 is 1.74 bits per heavy atom.